The fourth-order valence-electron chi connectivity index (χ4n) is 2.31. The minimum absolute atomic E-state index is 0.0692. The molecule has 0 radical (unpaired) electrons. The summed E-state index contributed by atoms with van der Waals surface area (Å²) in [5.41, 5.74) is 1.17. The van der Waals surface area contributed by atoms with Crippen molar-refractivity contribution < 1.29 is 14.4 Å². The molecule has 2 atom stereocenters. The molecule has 1 saturated heterocycles. The van der Waals surface area contributed by atoms with Gasteiger partial charge in [-0.3, -0.25) is 14.3 Å². The lowest BCUT2D eigenvalue weighted by molar-refractivity contribution is -0.127. The Bertz CT molecular complexity index is 521. The summed E-state index contributed by atoms with van der Waals surface area (Å²) in [7, 11) is 0. The normalized spacial score (nSPS) is 20.5. The lowest BCUT2D eigenvalue weighted by atomic mass is 9.97. The predicted octanol–water partition coefficient (Wildman–Crippen LogP) is 1.13. The van der Waals surface area contributed by atoms with E-state index in [0.717, 1.165) is 12.7 Å². The number of benzene rings is 1. The maximum atomic E-state index is 12.0. The van der Waals surface area contributed by atoms with Crippen LogP contribution in [0.2, 0.25) is 0 Å². The van der Waals surface area contributed by atoms with Gasteiger partial charge in [0.25, 0.3) is 0 Å². The molecule has 1 unspecified atom stereocenters. The molecule has 0 saturated carbocycles. The van der Waals surface area contributed by atoms with Gasteiger partial charge in [-0.15, -0.1) is 0 Å². The topological polar surface area (TPSA) is 75.3 Å². The minimum Gasteiger partial charge on any atom is -0.356 e. The van der Waals surface area contributed by atoms with E-state index in [1.807, 2.05) is 30.3 Å². The molecule has 22 heavy (non-hydrogen) atoms. The van der Waals surface area contributed by atoms with Gasteiger partial charge < -0.3 is 10.1 Å². The number of rotatable bonds is 8. The zero-order chi connectivity index (χ0) is 15.8. The Hall–Kier alpha value is -1.66. The first-order valence-corrected chi connectivity index (χ1v) is 8.35. The number of nitrogens with one attached hydrogen (secondary N) is 2. The van der Waals surface area contributed by atoms with Gasteiger partial charge >= 0.3 is 0 Å². The van der Waals surface area contributed by atoms with E-state index in [1.54, 1.807) is 0 Å². The van der Waals surface area contributed by atoms with E-state index in [1.165, 1.54) is 17.5 Å². The Morgan fingerprint density at radius 1 is 1.27 bits per heavy atom. The van der Waals surface area contributed by atoms with Crippen molar-refractivity contribution in [2.24, 2.45) is 5.92 Å². The molecule has 0 aromatic heterocycles. The average Bonchev–Trinajstić information content (AvgIpc) is 3.02. The second-order valence-corrected chi connectivity index (χ2v) is 6.12. The third kappa shape index (κ3) is 4.96. The maximum Gasteiger partial charge on any atom is 0.220 e. The highest BCUT2D eigenvalue weighted by molar-refractivity contribution is 7.97. The summed E-state index contributed by atoms with van der Waals surface area (Å²) < 4.78 is 2.95. The van der Waals surface area contributed by atoms with Gasteiger partial charge in [-0.25, -0.2) is 0 Å². The quantitative estimate of drug-likeness (QED) is 0.555. The van der Waals surface area contributed by atoms with Gasteiger partial charge in [0.1, 0.15) is 6.29 Å². The molecule has 1 fully saturated rings. The fourth-order valence-corrected chi connectivity index (χ4v) is 3.36. The summed E-state index contributed by atoms with van der Waals surface area (Å²) in [6, 6.07) is 9.46. The lowest BCUT2D eigenvalue weighted by Crippen LogP contribution is -2.36. The first kappa shape index (κ1) is 16.7. The molecular formula is C16H20N2O3S. The molecule has 118 valence electrons. The predicted molar refractivity (Wildman–Crippen MR) is 86.3 cm³/mol. The first-order valence-electron chi connectivity index (χ1n) is 7.36. The van der Waals surface area contributed by atoms with E-state index in [2.05, 4.69) is 10.0 Å². The molecule has 1 heterocycles. The second kappa shape index (κ2) is 8.70. The van der Waals surface area contributed by atoms with Gasteiger partial charge in [-0.05, 0) is 12.0 Å². The van der Waals surface area contributed by atoms with Crippen molar-refractivity contribution >= 4 is 29.9 Å². The van der Waals surface area contributed by atoms with Crippen molar-refractivity contribution in [1.29, 1.82) is 0 Å². The highest BCUT2D eigenvalue weighted by atomic mass is 32.2. The number of amides is 1. The van der Waals surface area contributed by atoms with Crippen LogP contribution in [0, 0.1) is 5.92 Å². The number of ketones is 1. The van der Waals surface area contributed by atoms with Gasteiger partial charge in [0.05, 0.1) is 6.04 Å². The van der Waals surface area contributed by atoms with E-state index in [9.17, 15) is 14.4 Å². The SMILES string of the molecule is O=C[C@@H]1CSNC1C(=O)CCC(=O)NCCc1ccccc1. The van der Waals surface area contributed by atoms with Crippen LogP contribution >= 0.6 is 11.9 Å². The van der Waals surface area contributed by atoms with Crippen molar-refractivity contribution in [1.82, 2.24) is 10.0 Å². The Morgan fingerprint density at radius 3 is 2.77 bits per heavy atom. The van der Waals surface area contributed by atoms with Crippen LogP contribution in [0.15, 0.2) is 30.3 Å². The molecular weight excluding hydrogens is 300 g/mol. The molecule has 0 spiro atoms. The van der Waals surface area contributed by atoms with Crippen LogP contribution in [-0.4, -0.2) is 36.3 Å². The van der Waals surface area contributed by atoms with Gasteiger partial charge in [0, 0.05) is 31.1 Å². The molecule has 1 aromatic carbocycles. The van der Waals surface area contributed by atoms with E-state index in [-0.39, 0.29) is 30.4 Å². The second-order valence-electron chi connectivity index (χ2n) is 5.26. The summed E-state index contributed by atoms with van der Waals surface area (Å²) in [5, 5.41) is 2.82. The molecule has 6 heteroatoms. The van der Waals surface area contributed by atoms with Crippen molar-refractivity contribution in [3.8, 4) is 0 Å². The van der Waals surface area contributed by atoms with Gasteiger partial charge in [-0.2, -0.15) is 0 Å². The monoisotopic (exact) mass is 320 g/mol. The third-order valence-electron chi connectivity index (χ3n) is 3.61. The summed E-state index contributed by atoms with van der Waals surface area (Å²) in [5.74, 6) is 0.139. The number of Topliss-reactive ketones (excluding diaryl/α,β-unsaturated/α-hetero) is 1. The lowest BCUT2D eigenvalue weighted by Gasteiger charge is -2.12. The van der Waals surface area contributed by atoms with Crippen LogP contribution in [0.1, 0.15) is 18.4 Å². The molecule has 1 aromatic rings. The molecule has 2 rings (SSSR count). The number of hydrogen-bond acceptors (Lipinski definition) is 5. The summed E-state index contributed by atoms with van der Waals surface area (Å²) in [4.78, 5) is 34.6. The van der Waals surface area contributed by atoms with E-state index in [4.69, 9.17) is 0 Å². The van der Waals surface area contributed by atoms with Crippen molar-refractivity contribution in [2.75, 3.05) is 12.3 Å². The number of aldehydes is 1. The Morgan fingerprint density at radius 2 is 2.05 bits per heavy atom. The molecule has 5 nitrogen and oxygen atoms in total. The van der Waals surface area contributed by atoms with Crippen LogP contribution in [0.25, 0.3) is 0 Å². The van der Waals surface area contributed by atoms with Crippen LogP contribution in [-0.2, 0) is 20.8 Å². The van der Waals surface area contributed by atoms with Gasteiger partial charge in [0.2, 0.25) is 5.91 Å². The molecule has 0 bridgehead atoms. The number of carbonyl (C=O) groups is 3. The van der Waals surface area contributed by atoms with Crippen molar-refractivity contribution in [2.45, 2.75) is 25.3 Å². The van der Waals surface area contributed by atoms with Crippen LogP contribution in [0.3, 0.4) is 0 Å². The van der Waals surface area contributed by atoms with E-state index >= 15 is 0 Å². The van der Waals surface area contributed by atoms with Crippen LogP contribution in [0.4, 0.5) is 0 Å². The highest BCUT2D eigenvalue weighted by Crippen LogP contribution is 2.20. The fraction of sp³-hybridized carbons (Fsp3) is 0.438. The maximum absolute atomic E-state index is 12.0. The standard InChI is InChI=1S/C16H20N2O3S/c19-10-13-11-22-18-16(13)14(20)6-7-15(21)17-9-8-12-4-2-1-3-5-12/h1-5,10,13,16,18H,6-9,11H2,(H,17,21)/t13-,16?/m1/s1. The van der Waals surface area contributed by atoms with Gasteiger partial charge in [-0.1, -0.05) is 42.3 Å². The highest BCUT2D eigenvalue weighted by Gasteiger charge is 2.32. The van der Waals surface area contributed by atoms with Crippen LogP contribution < -0.4 is 10.0 Å². The smallest absolute Gasteiger partial charge is 0.220 e. The minimum atomic E-state index is -0.445. The zero-order valence-corrected chi connectivity index (χ0v) is 13.1. The molecule has 1 aliphatic rings. The van der Waals surface area contributed by atoms with Crippen LogP contribution in [0.5, 0.6) is 0 Å². The number of carbonyl (C=O) groups excluding carboxylic acids is 3. The number of hydrogen-bond donors (Lipinski definition) is 2. The Kier molecular flexibility index (Phi) is 6.61. The molecule has 2 N–H and O–H groups in total. The molecule has 1 amide bonds. The summed E-state index contributed by atoms with van der Waals surface area (Å²) >= 11 is 1.39. The van der Waals surface area contributed by atoms with Crippen molar-refractivity contribution in [3.63, 3.8) is 0 Å². The molecule has 0 aliphatic carbocycles. The van der Waals surface area contributed by atoms with Gasteiger partial charge in [0.15, 0.2) is 5.78 Å². The largest absolute Gasteiger partial charge is 0.356 e. The Balaban J connectivity index is 1.65. The molecule has 1 aliphatic heterocycles. The average molecular weight is 320 g/mol. The summed E-state index contributed by atoms with van der Waals surface area (Å²) in [6.45, 7) is 0.561. The summed E-state index contributed by atoms with van der Waals surface area (Å²) in [6.07, 6.45) is 1.92. The Labute approximate surface area is 134 Å². The zero-order valence-electron chi connectivity index (χ0n) is 12.3. The third-order valence-corrected chi connectivity index (χ3v) is 4.59. The van der Waals surface area contributed by atoms with E-state index in [0.29, 0.717) is 12.3 Å². The van der Waals surface area contributed by atoms with E-state index < -0.39 is 6.04 Å². The first-order chi connectivity index (χ1) is 10.7. The van der Waals surface area contributed by atoms with Crippen molar-refractivity contribution in [3.05, 3.63) is 35.9 Å².